The van der Waals surface area contributed by atoms with Crippen molar-refractivity contribution in [2.45, 2.75) is 25.9 Å². The zero-order valence-electron chi connectivity index (χ0n) is 5.83. The molecule has 0 saturated carbocycles. The Morgan fingerprint density at radius 1 is 1.80 bits per heavy atom. The quantitative estimate of drug-likeness (QED) is 0.313. The lowest BCUT2D eigenvalue weighted by molar-refractivity contribution is -0.146. The third-order valence-corrected chi connectivity index (χ3v) is 1.55. The van der Waals surface area contributed by atoms with E-state index >= 15 is 0 Å². The molecule has 1 fully saturated rings. The number of cyclic esters (lactones) is 1. The Balaban J connectivity index is 2.61. The summed E-state index contributed by atoms with van der Waals surface area (Å²) in [5.41, 5.74) is 0.373. The molecule has 1 N–H and O–H groups in total. The second kappa shape index (κ2) is 2.73. The summed E-state index contributed by atoms with van der Waals surface area (Å²) >= 11 is 0. The van der Waals surface area contributed by atoms with Crippen LogP contribution in [0.3, 0.4) is 0 Å². The van der Waals surface area contributed by atoms with Gasteiger partial charge in [-0.1, -0.05) is 0 Å². The molecule has 1 atom stereocenters. The fourth-order valence-corrected chi connectivity index (χ4v) is 0.895. The van der Waals surface area contributed by atoms with Crippen molar-refractivity contribution < 1.29 is 14.6 Å². The van der Waals surface area contributed by atoms with Gasteiger partial charge in [-0.25, -0.2) is 4.79 Å². The van der Waals surface area contributed by atoms with Crippen LogP contribution in [0.2, 0.25) is 0 Å². The standard InChI is InChI=1S/C7H10O3/c1-5-2-3-6(4-8)7(9)10-5/h4-5,8H,2-3H2,1H3/b6-4+. The molecular formula is C7H10O3. The molecule has 1 unspecified atom stereocenters. The van der Waals surface area contributed by atoms with Crippen LogP contribution in [0.25, 0.3) is 0 Å². The average molecular weight is 142 g/mol. The number of ether oxygens (including phenoxy) is 1. The van der Waals surface area contributed by atoms with Crippen LogP contribution in [0.15, 0.2) is 11.8 Å². The van der Waals surface area contributed by atoms with E-state index in [1.165, 1.54) is 0 Å². The molecule has 10 heavy (non-hydrogen) atoms. The number of aliphatic hydroxyl groups excluding tert-OH is 1. The minimum atomic E-state index is -0.388. The van der Waals surface area contributed by atoms with Gasteiger partial charge in [0.1, 0.15) is 0 Å². The van der Waals surface area contributed by atoms with Gasteiger partial charge in [-0.15, -0.1) is 0 Å². The minimum absolute atomic E-state index is 0.00352. The number of hydrogen-bond acceptors (Lipinski definition) is 3. The largest absolute Gasteiger partial charge is 0.515 e. The van der Waals surface area contributed by atoms with E-state index in [2.05, 4.69) is 0 Å². The van der Waals surface area contributed by atoms with Crippen LogP contribution in [0.4, 0.5) is 0 Å². The molecule has 3 heteroatoms. The lowest BCUT2D eigenvalue weighted by atomic mass is 10.1. The molecule has 56 valence electrons. The van der Waals surface area contributed by atoms with Crippen molar-refractivity contribution in [3.63, 3.8) is 0 Å². The zero-order valence-corrected chi connectivity index (χ0v) is 5.83. The second-order valence-electron chi connectivity index (χ2n) is 2.41. The van der Waals surface area contributed by atoms with Crippen molar-refractivity contribution in [2.24, 2.45) is 0 Å². The van der Waals surface area contributed by atoms with Gasteiger partial charge in [-0.3, -0.25) is 0 Å². The summed E-state index contributed by atoms with van der Waals surface area (Å²) in [6, 6.07) is 0. The molecule has 0 aromatic heterocycles. The highest BCUT2D eigenvalue weighted by atomic mass is 16.5. The highest BCUT2D eigenvalue weighted by Gasteiger charge is 2.21. The van der Waals surface area contributed by atoms with Crippen LogP contribution in [0.1, 0.15) is 19.8 Å². The number of carbonyl (C=O) groups excluding carboxylic acids is 1. The number of carbonyl (C=O) groups is 1. The smallest absolute Gasteiger partial charge is 0.337 e. The monoisotopic (exact) mass is 142 g/mol. The summed E-state index contributed by atoms with van der Waals surface area (Å²) in [4.78, 5) is 10.8. The number of esters is 1. The molecule has 0 bridgehead atoms. The lowest BCUT2D eigenvalue weighted by Gasteiger charge is -2.19. The minimum Gasteiger partial charge on any atom is -0.515 e. The Morgan fingerprint density at radius 3 is 3.00 bits per heavy atom. The van der Waals surface area contributed by atoms with E-state index in [0.29, 0.717) is 12.0 Å². The van der Waals surface area contributed by atoms with E-state index in [4.69, 9.17) is 9.84 Å². The molecule has 0 aromatic rings. The summed E-state index contributed by atoms with van der Waals surface area (Å²) < 4.78 is 4.82. The van der Waals surface area contributed by atoms with Crippen molar-refractivity contribution >= 4 is 5.97 Å². The molecule has 0 radical (unpaired) electrons. The summed E-state index contributed by atoms with van der Waals surface area (Å²) in [7, 11) is 0. The maximum atomic E-state index is 10.8. The molecule has 0 spiro atoms. The van der Waals surface area contributed by atoms with Gasteiger partial charge in [0.2, 0.25) is 0 Å². The van der Waals surface area contributed by atoms with Crippen LogP contribution in [0, 0.1) is 0 Å². The van der Waals surface area contributed by atoms with Crippen LogP contribution in [-0.4, -0.2) is 17.2 Å². The first-order valence-corrected chi connectivity index (χ1v) is 3.28. The van der Waals surface area contributed by atoms with Crippen molar-refractivity contribution in [3.8, 4) is 0 Å². The van der Waals surface area contributed by atoms with Crippen molar-refractivity contribution in [3.05, 3.63) is 11.8 Å². The van der Waals surface area contributed by atoms with Crippen LogP contribution in [0.5, 0.6) is 0 Å². The van der Waals surface area contributed by atoms with Crippen molar-refractivity contribution in [2.75, 3.05) is 0 Å². The molecule has 0 amide bonds. The van der Waals surface area contributed by atoms with Crippen molar-refractivity contribution in [1.29, 1.82) is 0 Å². The van der Waals surface area contributed by atoms with E-state index in [-0.39, 0.29) is 12.1 Å². The van der Waals surface area contributed by atoms with E-state index in [1.54, 1.807) is 0 Å². The molecule has 1 aliphatic rings. The van der Waals surface area contributed by atoms with Gasteiger partial charge in [0.25, 0.3) is 0 Å². The van der Waals surface area contributed by atoms with Gasteiger partial charge >= 0.3 is 5.97 Å². The van der Waals surface area contributed by atoms with Gasteiger partial charge in [0.15, 0.2) is 0 Å². The predicted octanol–water partition coefficient (Wildman–Crippen LogP) is 1.15. The lowest BCUT2D eigenvalue weighted by Crippen LogP contribution is -2.22. The summed E-state index contributed by atoms with van der Waals surface area (Å²) in [5, 5.41) is 8.48. The van der Waals surface area contributed by atoms with Gasteiger partial charge in [0, 0.05) is 0 Å². The van der Waals surface area contributed by atoms with Gasteiger partial charge in [0.05, 0.1) is 17.9 Å². The van der Waals surface area contributed by atoms with Crippen molar-refractivity contribution in [1.82, 2.24) is 0 Å². The summed E-state index contributed by atoms with van der Waals surface area (Å²) in [5.74, 6) is -0.388. The van der Waals surface area contributed by atoms with E-state index in [1.807, 2.05) is 6.92 Å². The second-order valence-corrected chi connectivity index (χ2v) is 2.41. The van der Waals surface area contributed by atoms with E-state index < -0.39 is 0 Å². The van der Waals surface area contributed by atoms with Crippen LogP contribution in [-0.2, 0) is 9.53 Å². The van der Waals surface area contributed by atoms with Gasteiger partial charge < -0.3 is 9.84 Å². The summed E-state index contributed by atoms with van der Waals surface area (Å²) in [6.07, 6.45) is 2.25. The normalized spacial score (nSPS) is 30.3. The Bertz CT molecular complexity index is 172. The molecular weight excluding hydrogens is 132 g/mol. The highest BCUT2D eigenvalue weighted by molar-refractivity contribution is 5.88. The number of rotatable bonds is 0. The SMILES string of the molecule is CC1CC/C(=C\O)C(=O)O1. The predicted molar refractivity (Wildman–Crippen MR) is 35.5 cm³/mol. The van der Waals surface area contributed by atoms with E-state index in [9.17, 15) is 4.79 Å². The maximum Gasteiger partial charge on any atom is 0.337 e. The van der Waals surface area contributed by atoms with Crippen LogP contribution >= 0.6 is 0 Å². The highest BCUT2D eigenvalue weighted by Crippen LogP contribution is 2.17. The zero-order chi connectivity index (χ0) is 7.56. The average Bonchev–Trinajstić information content (AvgIpc) is 1.88. The summed E-state index contributed by atoms with van der Waals surface area (Å²) in [6.45, 7) is 1.84. The first-order valence-electron chi connectivity index (χ1n) is 3.28. The maximum absolute atomic E-state index is 10.8. The third kappa shape index (κ3) is 1.29. The molecule has 1 heterocycles. The number of hydrogen-bond donors (Lipinski definition) is 1. The fourth-order valence-electron chi connectivity index (χ4n) is 0.895. The number of aliphatic hydroxyl groups is 1. The molecule has 0 aliphatic carbocycles. The third-order valence-electron chi connectivity index (χ3n) is 1.55. The molecule has 3 nitrogen and oxygen atoms in total. The Kier molecular flexibility index (Phi) is 1.94. The molecule has 1 aliphatic heterocycles. The molecule has 1 rings (SSSR count). The first kappa shape index (κ1) is 7.12. The molecule has 1 saturated heterocycles. The topological polar surface area (TPSA) is 46.5 Å². The Labute approximate surface area is 59.3 Å². The van der Waals surface area contributed by atoms with Gasteiger partial charge in [-0.2, -0.15) is 0 Å². The van der Waals surface area contributed by atoms with E-state index in [0.717, 1.165) is 12.7 Å². The molecule has 0 aromatic carbocycles. The Hall–Kier alpha value is -0.990. The Morgan fingerprint density at radius 2 is 2.50 bits per heavy atom. The van der Waals surface area contributed by atoms with Crippen LogP contribution < -0.4 is 0 Å². The fraction of sp³-hybridized carbons (Fsp3) is 0.571. The first-order chi connectivity index (χ1) is 4.74. The van der Waals surface area contributed by atoms with Gasteiger partial charge in [-0.05, 0) is 19.8 Å².